The molecular weight excluding hydrogens is 238 g/mol. The second-order valence-corrected chi connectivity index (χ2v) is 6.95. The van der Waals surface area contributed by atoms with E-state index in [-0.39, 0.29) is 6.04 Å². The number of hydrogen-bond donors (Lipinski definition) is 0. The van der Waals surface area contributed by atoms with Crippen molar-refractivity contribution >= 4 is 17.4 Å². The van der Waals surface area contributed by atoms with Crippen LogP contribution in [0.5, 0.6) is 0 Å². The summed E-state index contributed by atoms with van der Waals surface area (Å²) in [5.74, 6) is 2.25. The molecule has 0 aromatic rings. The Morgan fingerprint density at radius 1 is 1.44 bits per heavy atom. The van der Waals surface area contributed by atoms with Crippen LogP contribution in [0.3, 0.4) is 0 Å². The smallest absolute Gasteiger partial charge is 0.0838 e. The molecule has 2 aliphatic carbocycles. The molecule has 0 aromatic heterocycles. The number of nitrogens with zero attached hydrogens (tertiary/aromatic N) is 1. The van der Waals surface area contributed by atoms with Gasteiger partial charge in [-0.05, 0) is 61.6 Å². The Labute approximate surface area is 117 Å². The lowest BCUT2D eigenvalue weighted by Crippen LogP contribution is -2.38. The van der Waals surface area contributed by atoms with Gasteiger partial charge >= 0.3 is 0 Å². The predicted octanol–water partition coefficient (Wildman–Crippen LogP) is 4.89. The fourth-order valence-electron chi connectivity index (χ4n) is 4.75. The number of rotatable bonds is 3. The van der Waals surface area contributed by atoms with Crippen molar-refractivity contribution in [3.63, 3.8) is 0 Å². The lowest BCUT2D eigenvalue weighted by molar-refractivity contribution is 0.0665. The van der Waals surface area contributed by atoms with Crippen LogP contribution >= 0.6 is 12.2 Å². The van der Waals surface area contributed by atoms with E-state index in [1.54, 1.807) is 0 Å². The van der Waals surface area contributed by atoms with Crippen LogP contribution in [0, 0.1) is 23.2 Å². The van der Waals surface area contributed by atoms with Crippen LogP contribution < -0.4 is 0 Å². The number of aliphatic imine (C=N–C) groups is 1. The summed E-state index contributed by atoms with van der Waals surface area (Å²) in [4.78, 5) is 4.43. The lowest BCUT2D eigenvalue weighted by Gasteiger charge is -2.44. The molecule has 100 valence electrons. The van der Waals surface area contributed by atoms with Crippen molar-refractivity contribution in [3.05, 3.63) is 12.2 Å². The minimum Gasteiger partial charge on any atom is -0.224 e. The molecule has 0 saturated heterocycles. The van der Waals surface area contributed by atoms with Gasteiger partial charge in [0.1, 0.15) is 0 Å². The molecule has 0 heterocycles. The molecule has 0 radical (unpaired) electrons. The molecular formula is C16H25NS. The highest BCUT2D eigenvalue weighted by Gasteiger charge is 2.51. The summed E-state index contributed by atoms with van der Waals surface area (Å²) in [6.07, 6.45) is 6.80. The zero-order valence-corrected chi connectivity index (χ0v) is 12.7. The first kappa shape index (κ1) is 14.0. The Hall–Kier alpha value is -0.460. The largest absolute Gasteiger partial charge is 0.224 e. The molecule has 2 aliphatic rings. The summed E-state index contributed by atoms with van der Waals surface area (Å²) in [5, 5.41) is 2.60. The van der Waals surface area contributed by atoms with Gasteiger partial charge in [-0.25, -0.2) is 4.99 Å². The Balaban J connectivity index is 2.28. The Kier molecular flexibility index (Phi) is 4.08. The summed E-state index contributed by atoms with van der Waals surface area (Å²) >= 11 is 4.83. The van der Waals surface area contributed by atoms with Gasteiger partial charge in [-0.3, -0.25) is 0 Å². The Morgan fingerprint density at radius 3 is 2.78 bits per heavy atom. The lowest BCUT2D eigenvalue weighted by atomic mass is 9.62. The molecule has 18 heavy (non-hydrogen) atoms. The van der Waals surface area contributed by atoms with E-state index < -0.39 is 0 Å². The van der Waals surface area contributed by atoms with E-state index in [0.717, 1.165) is 17.4 Å². The molecule has 5 atom stereocenters. The van der Waals surface area contributed by atoms with E-state index in [0.29, 0.717) is 11.3 Å². The number of thiocarbonyl (C=S) groups is 1. The van der Waals surface area contributed by atoms with Gasteiger partial charge in [-0.15, -0.1) is 0 Å². The maximum Gasteiger partial charge on any atom is 0.0838 e. The molecule has 0 bridgehead atoms. The van der Waals surface area contributed by atoms with E-state index in [2.05, 4.69) is 37.5 Å². The topological polar surface area (TPSA) is 12.4 Å². The van der Waals surface area contributed by atoms with E-state index in [1.165, 1.54) is 32.1 Å². The van der Waals surface area contributed by atoms with Crippen LogP contribution in [-0.2, 0) is 0 Å². The highest BCUT2D eigenvalue weighted by molar-refractivity contribution is 7.78. The van der Waals surface area contributed by atoms with E-state index in [4.69, 9.17) is 12.2 Å². The fourth-order valence-corrected chi connectivity index (χ4v) is 4.86. The minimum absolute atomic E-state index is 0.204. The van der Waals surface area contributed by atoms with Gasteiger partial charge in [0.2, 0.25) is 0 Å². The predicted molar refractivity (Wildman–Crippen MR) is 81.0 cm³/mol. The molecule has 0 amide bonds. The molecule has 2 heteroatoms. The molecule has 2 rings (SSSR count). The highest BCUT2D eigenvalue weighted by atomic mass is 32.1. The van der Waals surface area contributed by atoms with Gasteiger partial charge < -0.3 is 0 Å². The number of hydrogen-bond acceptors (Lipinski definition) is 2. The normalized spacial score (nSPS) is 40.7. The van der Waals surface area contributed by atoms with Crippen molar-refractivity contribution < 1.29 is 0 Å². The molecule has 1 nitrogen and oxygen atoms in total. The quantitative estimate of drug-likeness (QED) is 0.401. The zero-order chi connectivity index (χ0) is 13.3. The van der Waals surface area contributed by atoms with Crippen LogP contribution in [0.1, 0.15) is 52.9 Å². The summed E-state index contributed by atoms with van der Waals surface area (Å²) in [6.45, 7) is 11.1. The standard InChI is InChI=1S/C16H25NS/c1-11(2)15(17-10-18)13-7-9-16(4)8-5-6-12(3)14(13)16/h12-15H,1,5-9H2,2-4H3/t12-,13+,14-,15?,16-/m1/s1. The van der Waals surface area contributed by atoms with Gasteiger partial charge in [0, 0.05) is 0 Å². The Bertz CT molecular complexity index is 381. The first-order valence-corrected chi connectivity index (χ1v) is 7.63. The first-order valence-electron chi connectivity index (χ1n) is 7.22. The molecule has 2 saturated carbocycles. The first-order chi connectivity index (χ1) is 8.49. The van der Waals surface area contributed by atoms with Crippen molar-refractivity contribution in [2.75, 3.05) is 0 Å². The van der Waals surface area contributed by atoms with Gasteiger partial charge in [-0.2, -0.15) is 0 Å². The average Bonchev–Trinajstić information content (AvgIpc) is 2.64. The number of isothiocyanates is 1. The molecule has 0 aromatic carbocycles. The molecule has 0 N–H and O–H groups in total. The molecule has 1 unspecified atom stereocenters. The van der Waals surface area contributed by atoms with Crippen molar-refractivity contribution in [1.29, 1.82) is 0 Å². The average molecular weight is 263 g/mol. The Morgan fingerprint density at radius 2 is 2.17 bits per heavy atom. The molecule has 0 spiro atoms. The third-order valence-corrected chi connectivity index (χ3v) is 5.54. The van der Waals surface area contributed by atoms with E-state index in [9.17, 15) is 0 Å². The maximum absolute atomic E-state index is 4.83. The molecule has 0 aliphatic heterocycles. The summed E-state index contributed by atoms with van der Waals surface area (Å²) in [5.41, 5.74) is 1.69. The van der Waals surface area contributed by atoms with Crippen LogP contribution in [-0.4, -0.2) is 11.2 Å². The number of fused-ring (bicyclic) bond motifs is 1. The monoisotopic (exact) mass is 263 g/mol. The van der Waals surface area contributed by atoms with E-state index >= 15 is 0 Å². The van der Waals surface area contributed by atoms with Crippen molar-refractivity contribution in [1.82, 2.24) is 0 Å². The maximum atomic E-state index is 4.83. The zero-order valence-electron chi connectivity index (χ0n) is 11.9. The second-order valence-electron chi connectivity index (χ2n) is 6.76. The van der Waals surface area contributed by atoms with Crippen LogP contribution in [0.15, 0.2) is 17.1 Å². The van der Waals surface area contributed by atoms with Crippen LogP contribution in [0.4, 0.5) is 0 Å². The summed E-state index contributed by atoms with van der Waals surface area (Å²) in [7, 11) is 0. The van der Waals surface area contributed by atoms with Crippen LogP contribution in [0.25, 0.3) is 0 Å². The van der Waals surface area contributed by atoms with Crippen molar-refractivity contribution in [2.24, 2.45) is 28.2 Å². The third-order valence-electron chi connectivity index (χ3n) is 5.44. The van der Waals surface area contributed by atoms with Crippen LogP contribution in [0.2, 0.25) is 0 Å². The van der Waals surface area contributed by atoms with Gasteiger partial charge in [0.05, 0.1) is 11.2 Å². The van der Waals surface area contributed by atoms with Gasteiger partial charge in [0.15, 0.2) is 0 Å². The van der Waals surface area contributed by atoms with Gasteiger partial charge in [0.25, 0.3) is 0 Å². The fraction of sp³-hybridized carbons (Fsp3) is 0.812. The van der Waals surface area contributed by atoms with E-state index in [1.807, 2.05) is 0 Å². The minimum atomic E-state index is 0.204. The van der Waals surface area contributed by atoms with Gasteiger partial charge in [-0.1, -0.05) is 38.8 Å². The van der Waals surface area contributed by atoms with Crippen molar-refractivity contribution in [3.8, 4) is 0 Å². The second kappa shape index (κ2) is 5.27. The summed E-state index contributed by atoms with van der Waals surface area (Å²) in [6, 6.07) is 0.204. The summed E-state index contributed by atoms with van der Waals surface area (Å²) < 4.78 is 0. The van der Waals surface area contributed by atoms with Crippen molar-refractivity contribution in [2.45, 2.75) is 58.9 Å². The molecule has 2 fully saturated rings. The third kappa shape index (κ3) is 2.33. The highest BCUT2D eigenvalue weighted by Crippen LogP contribution is 2.58. The SMILES string of the molecule is C=C(C)C(N=C=S)[C@H]1CC[C@@]2(C)CCC[C@@H](C)[C@H]12.